The van der Waals surface area contributed by atoms with E-state index in [2.05, 4.69) is 5.32 Å². The lowest BCUT2D eigenvalue weighted by Gasteiger charge is -2.36. The standard InChI is InChI=1S/C28H28ClN5O5/c1-17(2)39-23-15-21(34(37)38)11-12-22(23)27-31-25(18-7-9-20(29)10-8-18)26(19-5-3-4-6-19)33(27)28(36)32-14-13-30-24(35)16-32/h3-5,7-12,15,17,25-26H,6,13-14,16H2,1-2H3,(H,30,35)/t25-,26+/m0/s1. The number of hydrogen-bond donors (Lipinski definition) is 1. The Labute approximate surface area is 230 Å². The summed E-state index contributed by atoms with van der Waals surface area (Å²) in [5.41, 5.74) is 2.16. The summed E-state index contributed by atoms with van der Waals surface area (Å²) in [6, 6.07) is 10.3. The highest BCUT2D eigenvalue weighted by Gasteiger charge is 2.46. The van der Waals surface area contributed by atoms with E-state index >= 15 is 0 Å². The number of rotatable bonds is 6. The Morgan fingerprint density at radius 3 is 2.64 bits per heavy atom. The number of amidine groups is 1. The Kier molecular flexibility index (Phi) is 7.38. The van der Waals surface area contributed by atoms with E-state index in [1.807, 2.05) is 44.2 Å². The summed E-state index contributed by atoms with van der Waals surface area (Å²) < 4.78 is 6.01. The van der Waals surface area contributed by atoms with Gasteiger partial charge in [0, 0.05) is 24.2 Å². The number of aliphatic imine (C=N–C) groups is 1. The molecule has 5 rings (SSSR count). The zero-order valence-electron chi connectivity index (χ0n) is 21.5. The number of benzene rings is 2. The molecule has 1 saturated heterocycles. The lowest BCUT2D eigenvalue weighted by atomic mass is 9.93. The van der Waals surface area contributed by atoms with Gasteiger partial charge in [-0.15, -0.1) is 0 Å². The van der Waals surface area contributed by atoms with Gasteiger partial charge in [-0.05, 0) is 49.6 Å². The minimum absolute atomic E-state index is 0.0755. The molecule has 0 saturated carbocycles. The smallest absolute Gasteiger partial charge is 0.326 e. The van der Waals surface area contributed by atoms with Crippen LogP contribution in [0.25, 0.3) is 0 Å². The van der Waals surface area contributed by atoms with Crippen LogP contribution in [0.2, 0.25) is 5.02 Å². The van der Waals surface area contributed by atoms with Crippen LogP contribution in [0.15, 0.2) is 71.3 Å². The number of urea groups is 1. The number of non-ortho nitro benzene ring substituents is 1. The van der Waals surface area contributed by atoms with Crippen molar-refractivity contribution in [3.63, 3.8) is 0 Å². The second kappa shape index (κ2) is 10.9. The van der Waals surface area contributed by atoms with Gasteiger partial charge in [0.1, 0.15) is 24.2 Å². The molecule has 3 aliphatic rings. The largest absolute Gasteiger partial charge is 0.490 e. The molecule has 2 aromatic rings. The Morgan fingerprint density at radius 1 is 1.23 bits per heavy atom. The average Bonchev–Trinajstić information content (AvgIpc) is 3.56. The van der Waals surface area contributed by atoms with Gasteiger partial charge in [-0.2, -0.15) is 0 Å². The molecule has 1 N–H and O–H groups in total. The Hall–Kier alpha value is -4.18. The maximum atomic E-state index is 14.2. The second-order valence-electron chi connectivity index (χ2n) is 9.80. The van der Waals surface area contributed by atoms with E-state index in [0.29, 0.717) is 35.9 Å². The summed E-state index contributed by atoms with van der Waals surface area (Å²) in [6.45, 7) is 4.26. The third kappa shape index (κ3) is 5.37. The fourth-order valence-corrected chi connectivity index (χ4v) is 5.16. The van der Waals surface area contributed by atoms with Gasteiger partial charge in [0.25, 0.3) is 5.69 Å². The molecular weight excluding hydrogens is 522 g/mol. The summed E-state index contributed by atoms with van der Waals surface area (Å²) in [7, 11) is 0. The first-order valence-corrected chi connectivity index (χ1v) is 13.1. The van der Waals surface area contributed by atoms with Crippen LogP contribution in [0, 0.1) is 10.1 Å². The van der Waals surface area contributed by atoms with Crippen molar-refractivity contribution in [1.29, 1.82) is 0 Å². The molecule has 11 heteroatoms. The van der Waals surface area contributed by atoms with Crippen molar-refractivity contribution in [1.82, 2.24) is 15.1 Å². The molecule has 39 heavy (non-hydrogen) atoms. The quantitative estimate of drug-likeness (QED) is 0.416. The topological polar surface area (TPSA) is 117 Å². The first-order valence-electron chi connectivity index (χ1n) is 12.7. The van der Waals surface area contributed by atoms with Gasteiger partial charge in [0.2, 0.25) is 5.91 Å². The summed E-state index contributed by atoms with van der Waals surface area (Å²) >= 11 is 6.17. The number of nitro benzene ring substituents is 1. The molecule has 2 aromatic carbocycles. The van der Waals surface area contributed by atoms with Crippen LogP contribution in [0.3, 0.4) is 0 Å². The first-order chi connectivity index (χ1) is 18.7. The lowest BCUT2D eigenvalue weighted by molar-refractivity contribution is -0.384. The molecule has 2 heterocycles. The van der Waals surface area contributed by atoms with Crippen LogP contribution in [-0.4, -0.2) is 64.3 Å². The van der Waals surface area contributed by atoms with Crippen LogP contribution >= 0.6 is 11.6 Å². The maximum absolute atomic E-state index is 14.2. The highest BCUT2D eigenvalue weighted by Crippen LogP contribution is 2.42. The van der Waals surface area contributed by atoms with Gasteiger partial charge in [-0.25, -0.2) is 4.79 Å². The molecular formula is C28H28ClN5O5. The van der Waals surface area contributed by atoms with E-state index in [-0.39, 0.29) is 36.0 Å². The van der Waals surface area contributed by atoms with Crippen molar-refractivity contribution in [2.75, 3.05) is 19.6 Å². The minimum atomic E-state index is -0.490. The van der Waals surface area contributed by atoms with Gasteiger partial charge >= 0.3 is 6.03 Å². The minimum Gasteiger partial charge on any atom is -0.490 e. The zero-order valence-corrected chi connectivity index (χ0v) is 22.3. The van der Waals surface area contributed by atoms with Crippen LogP contribution in [0.5, 0.6) is 5.75 Å². The number of nitrogens with one attached hydrogen (secondary N) is 1. The van der Waals surface area contributed by atoms with Crippen molar-refractivity contribution in [3.8, 4) is 5.75 Å². The Morgan fingerprint density at radius 2 is 2.00 bits per heavy atom. The monoisotopic (exact) mass is 549 g/mol. The third-order valence-corrected chi connectivity index (χ3v) is 7.00. The van der Waals surface area contributed by atoms with E-state index in [4.69, 9.17) is 21.3 Å². The van der Waals surface area contributed by atoms with Crippen LogP contribution in [0.1, 0.15) is 37.4 Å². The molecule has 0 radical (unpaired) electrons. The molecule has 0 aromatic heterocycles. The molecule has 10 nitrogen and oxygen atoms in total. The molecule has 0 spiro atoms. The van der Waals surface area contributed by atoms with E-state index in [0.717, 1.165) is 11.1 Å². The number of carbonyl (C=O) groups is 2. The number of ether oxygens (including phenoxy) is 1. The number of piperazine rings is 1. The number of nitro groups is 1. The molecule has 0 unspecified atom stereocenters. The number of nitrogens with zero attached hydrogens (tertiary/aromatic N) is 4. The van der Waals surface area contributed by atoms with E-state index in [9.17, 15) is 19.7 Å². The third-order valence-electron chi connectivity index (χ3n) is 6.75. The Bertz CT molecular complexity index is 1400. The van der Waals surface area contributed by atoms with Crippen molar-refractivity contribution in [2.45, 2.75) is 38.5 Å². The fraction of sp³-hybridized carbons (Fsp3) is 0.321. The van der Waals surface area contributed by atoms with E-state index < -0.39 is 17.0 Å². The van der Waals surface area contributed by atoms with Crippen LogP contribution in [0.4, 0.5) is 10.5 Å². The Balaban J connectivity index is 1.68. The normalized spacial score (nSPS) is 20.7. The number of carbonyl (C=O) groups excluding carboxylic acids is 2. The molecule has 3 amide bonds. The lowest BCUT2D eigenvalue weighted by Crippen LogP contribution is -2.56. The number of allylic oxidation sites excluding steroid dienone is 3. The van der Waals surface area contributed by atoms with Gasteiger partial charge in [0.05, 0.1) is 28.7 Å². The SMILES string of the molecule is CC(C)Oc1cc([N+](=O)[O-])ccc1C1=N[C@@H](c2ccc(Cl)cc2)[C@@H](C2=CC=CC2)N1C(=O)N1CCNC(=O)C1. The van der Waals surface area contributed by atoms with Crippen LogP contribution < -0.4 is 10.1 Å². The van der Waals surface area contributed by atoms with Gasteiger partial charge in [-0.3, -0.25) is 24.8 Å². The molecule has 2 atom stereocenters. The van der Waals surface area contributed by atoms with Crippen molar-refractivity contribution < 1.29 is 19.2 Å². The number of amides is 3. The van der Waals surface area contributed by atoms with Crippen molar-refractivity contribution in [3.05, 3.63) is 92.5 Å². The van der Waals surface area contributed by atoms with Gasteiger partial charge in [0.15, 0.2) is 0 Å². The summed E-state index contributed by atoms with van der Waals surface area (Å²) in [5, 5.41) is 14.9. The molecule has 2 aliphatic heterocycles. The highest BCUT2D eigenvalue weighted by atomic mass is 35.5. The molecule has 1 aliphatic carbocycles. The summed E-state index contributed by atoms with van der Waals surface area (Å²) in [5.74, 6) is 0.342. The van der Waals surface area contributed by atoms with Gasteiger partial charge in [-0.1, -0.05) is 42.0 Å². The van der Waals surface area contributed by atoms with E-state index in [1.165, 1.54) is 17.0 Å². The van der Waals surface area contributed by atoms with Gasteiger partial charge < -0.3 is 15.0 Å². The molecule has 202 valence electrons. The number of hydrogen-bond acceptors (Lipinski definition) is 6. The summed E-state index contributed by atoms with van der Waals surface area (Å²) in [4.78, 5) is 45.7. The van der Waals surface area contributed by atoms with Crippen LogP contribution in [-0.2, 0) is 4.79 Å². The molecule has 0 bridgehead atoms. The fourth-order valence-electron chi connectivity index (χ4n) is 5.03. The zero-order chi connectivity index (χ0) is 27.7. The van der Waals surface area contributed by atoms with Crippen molar-refractivity contribution in [2.24, 2.45) is 4.99 Å². The number of halogens is 1. The predicted molar refractivity (Wildman–Crippen MR) is 147 cm³/mol. The van der Waals surface area contributed by atoms with E-state index in [1.54, 1.807) is 23.1 Å². The highest BCUT2D eigenvalue weighted by molar-refractivity contribution is 6.30. The second-order valence-corrected chi connectivity index (χ2v) is 10.2. The predicted octanol–water partition coefficient (Wildman–Crippen LogP) is 4.65. The first kappa shape index (κ1) is 26.4. The maximum Gasteiger partial charge on any atom is 0.326 e. The molecule has 1 fully saturated rings. The van der Waals surface area contributed by atoms with Crippen molar-refractivity contribution >= 4 is 35.1 Å². The average molecular weight is 550 g/mol. The summed E-state index contributed by atoms with van der Waals surface area (Å²) in [6.07, 6.45) is 6.30.